The molecule has 1 aromatic rings. The summed E-state index contributed by atoms with van der Waals surface area (Å²) < 4.78 is 13.5. The minimum Gasteiger partial charge on any atom is -0.342 e. The van der Waals surface area contributed by atoms with E-state index in [0.29, 0.717) is 18.7 Å². The van der Waals surface area contributed by atoms with E-state index in [0.717, 1.165) is 12.8 Å². The molecule has 2 rings (SSSR count). The predicted octanol–water partition coefficient (Wildman–Crippen LogP) is 2.27. The first-order valence-corrected chi connectivity index (χ1v) is 8.04. The van der Waals surface area contributed by atoms with E-state index in [4.69, 9.17) is 0 Å². The van der Waals surface area contributed by atoms with Crippen molar-refractivity contribution in [3.05, 3.63) is 35.6 Å². The lowest BCUT2D eigenvalue weighted by Gasteiger charge is -2.33. The van der Waals surface area contributed by atoms with Gasteiger partial charge in [-0.15, -0.1) is 0 Å². The molecule has 1 aliphatic rings. The zero-order valence-electron chi connectivity index (χ0n) is 13.6. The molecular weight excluding hydrogens is 297 g/mol. The van der Waals surface area contributed by atoms with Crippen molar-refractivity contribution in [1.82, 2.24) is 15.5 Å². The zero-order chi connectivity index (χ0) is 16.8. The molecule has 23 heavy (non-hydrogen) atoms. The van der Waals surface area contributed by atoms with Gasteiger partial charge in [0.15, 0.2) is 0 Å². The van der Waals surface area contributed by atoms with E-state index in [1.54, 1.807) is 18.2 Å². The number of nitrogens with zero attached hydrogens (tertiary/aromatic N) is 1. The lowest BCUT2D eigenvalue weighted by Crippen LogP contribution is -2.49. The Morgan fingerprint density at radius 1 is 1.26 bits per heavy atom. The fourth-order valence-corrected chi connectivity index (χ4v) is 2.66. The molecule has 0 unspecified atom stereocenters. The molecule has 0 bridgehead atoms. The van der Waals surface area contributed by atoms with Crippen molar-refractivity contribution >= 4 is 11.9 Å². The van der Waals surface area contributed by atoms with E-state index >= 15 is 0 Å². The molecule has 2 N–H and O–H groups in total. The summed E-state index contributed by atoms with van der Waals surface area (Å²) in [5.41, 5.74) is 0.458. The number of piperidine rings is 1. The van der Waals surface area contributed by atoms with Crippen molar-refractivity contribution in [2.24, 2.45) is 5.92 Å². The van der Waals surface area contributed by atoms with E-state index in [1.807, 2.05) is 18.7 Å². The summed E-state index contributed by atoms with van der Waals surface area (Å²) in [5, 5.41) is 5.56. The third kappa shape index (κ3) is 4.94. The predicted molar refractivity (Wildman–Crippen MR) is 86.2 cm³/mol. The molecule has 0 saturated carbocycles. The van der Waals surface area contributed by atoms with Crippen LogP contribution in [0.2, 0.25) is 0 Å². The third-order valence-electron chi connectivity index (χ3n) is 4.03. The SMILES string of the molecule is CC(C)C(=O)N1CCC(NC(=O)NCc2ccccc2F)CC1. The number of carbonyl (C=O) groups is 2. The van der Waals surface area contributed by atoms with Crippen LogP contribution in [0.4, 0.5) is 9.18 Å². The van der Waals surface area contributed by atoms with Gasteiger partial charge in [-0.3, -0.25) is 4.79 Å². The maximum Gasteiger partial charge on any atom is 0.315 e. The second kappa shape index (κ2) is 7.94. The first-order chi connectivity index (χ1) is 11.0. The molecule has 1 aromatic carbocycles. The second-order valence-corrected chi connectivity index (χ2v) is 6.17. The van der Waals surface area contributed by atoms with Crippen LogP contribution >= 0.6 is 0 Å². The van der Waals surface area contributed by atoms with Crippen molar-refractivity contribution in [2.45, 2.75) is 39.3 Å². The summed E-state index contributed by atoms with van der Waals surface area (Å²) in [6, 6.07) is 6.11. The number of hydrogen-bond acceptors (Lipinski definition) is 2. The van der Waals surface area contributed by atoms with Crippen LogP contribution in [0, 0.1) is 11.7 Å². The smallest absolute Gasteiger partial charge is 0.315 e. The summed E-state index contributed by atoms with van der Waals surface area (Å²) in [4.78, 5) is 25.7. The number of likely N-dealkylation sites (tertiary alicyclic amines) is 1. The highest BCUT2D eigenvalue weighted by molar-refractivity contribution is 5.78. The van der Waals surface area contributed by atoms with Gasteiger partial charge in [0, 0.05) is 37.2 Å². The molecule has 6 heteroatoms. The van der Waals surface area contributed by atoms with Gasteiger partial charge in [-0.2, -0.15) is 0 Å². The van der Waals surface area contributed by atoms with Crippen LogP contribution in [0.3, 0.4) is 0 Å². The molecule has 1 heterocycles. The van der Waals surface area contributed by atoms with Crippen LogP contribution < -0.4 is 10.6 Å². The highest BCUT2D eigenvalue weighted by Gasteiger charge is 2.24. The molecule has 1 fully saturated rings. The number of urea groups is 1. The van der Waals surface area contributed by atoms with Gasteiger partial charge in [0.05, 0.1) is 0 Å². The number of carbonyl (C=O) groups excluding carboxylic acids is 2. The van der Waals surface area contributed by atoms with E-state index in [-0.39, 0.29) is 36.3 Å². The summed E-state index contributed by atoms with van der Waals surface area (Å²) in [5.74, 6) is -0.163. The van der Waals surface area contributed by atoms with Crippen LogP contribution in [-0.2, 0) is 11.3 Å². The van der Waals surface area contributed by atoms with Gasteiger partial charge in [0.25, 0.3) is 0 Å². The molecule has 126 valence electrons. The minimum absolute atomic E-state index is 0.00331. The molecule has 0 aliphatic carbocycles. The van der Waals surface area contributed by atoms with E-state index < -0.39 is 0 Å². The molecule has 1 saturated heterocycles. The highest BCUT2D eigenvalue weighted by atomic mass is 19.1. The number of rotatable bonds is 4. The molecule has 5 nitrogen and oxygen atoms in total. The van der Waals surface area contributed by atoms with Gasteiger partial charge >= 0.3 is 6.03 Å². The standard InChI is InChI=1S/C17H24FN3O2/c1-12(2)16(22)21-9-7-14(8-10-21)20-17(23)19-11-13-5-3-4-6-15(13)18/h3-6,12,14H,7-11H2,1-2H3,(H2,19,20,23). The van der Waals surface area contributed by atoms with Gasteiger partial charge in [0.2, 0.25) is 5.91 Å². The second-order valence-electron chi connectivity index (χ2n) is 6.17. The highest BCUT2D eigenvalue weighted by Crippen LogP contribution is 2.13. The van der Waals surface area contributed by atoms with Gasteiger partial charge in [-0.25, -0.2) is 9.18 Å². The maximum absolute atomic E-state index is 13.5. The van der Waals surface area contributed by atoms with Gasteiger partial charge in [-0.05, 0) is 18.9 Å². The Kier molecular flexibility index (Phi) is 5.96. The average molecular weight is 321 g/mol. The van der Waals surface area contributed by atoms with Gasteiger partial charge < -0.3 is 15.5 Å². The van der Waals surface area contributed by atoms with Crippen molar-refractivity contribution in [2.75, 3.05) is 13.1 Å². The summed E-state index contributed by atoms with van der Waals surface area (Å²) in [6.07, 6.45) is 1.48. The fourth-order valence-electron chi connectivity index (χ4n) is 2.66. The molecule has 0 spiro atoms. The van der Waals surface area contributed by atoms with Crippen molar-refractivity contribution in [1.29, 1.82) is 0 Å². The number of benzene rings is 1. The summed E-state index contributed by atoms with van der Waals surface area (Å²) in [7, 11) is 0. The number of amides is 3. The normalized spacial score (nSPS) is 15.6. The minimum atomic E-state index is -0.326. The topological polar surface area (TPSA) is 61.4 Å². The van der Waals surface area contributed by atoms with Gasteiger partial charge in [-0.1, -0.05) is 32.0 Å². The Bertz CT molecular complexity index is 555. The average Bonchev–Trinajstić information content (AvgIpc) is 2.54. The van der Waals surface area contributed by atoms with Crippen molar-refractivity contribution in [3.8, 4) is 0 Å². The van der Waals surface area contributed by atoms with Crippen molar-refractivity contribution in [3.63, 3.8) is 0 Å². The molecular formula is C17H24FN3O2. The van der Waals surface area contributed by atoms with Crippen LogP contribution in [-0.4, -0.2) is 36.0 Å². The number of hydrogen-bond donors (Lipinski definition) is 2. The Morgan fingerprint density at radius 2 is 1.91 bits per heavy atom. The lowest BCUT2D eigenvalue weighted by atomic mass is 10.0. The van der Waals surface area contributed by atoms with Crippen LogP contribution in [0.15, 0.2) is 24.3 Å². The molecule has 0 radical (unpaired) electrons. The maximum atomic E-state index is 13.5. The lowest BCUT2D eigenvalue weighted by molar-refractivity contribution is -0.135. The monoisotopic (exact) mass is 321 g/mol. The number of halogens is 1. The third-order valence-corrected chi connectivity index (χ3v) is 4.03. The summed E-state index contributed by atoms with van der Waals surface area (Å²) >= 11 is 0. The Morgan fingerprint density at radius 3 is 2.52 bits per heavy atom. The Balaban J connectivity index is 1.73. The van der Waals surface area contributed by atoms with Crippen LogP contribution in [0.25, 0.3) is 0 Å². The molecule has 3 amide bonds. The quantitative estimate of drug-likeness (QED) is 0.894. The van der Waals surface area contributed by atoms with Gasteiger partial charge in [0.1, 0.15) is 5.82 Å². The molecule has 0 atom stereocenters. The van der Waals surface area contributed by atoms with E-state index in [1.165, 1.54) is 6.07 Å². The van der Waals surface area contributed by atoms with Crippen molar-refractivity contribution < 1.29 is 14.0 Å². The largest absolute Gasteiger partial charge is 0.342 e. The molecule has 0 aromatic heterocycles. The number of nitrogens with one attached hydrogen (secondary N) is 2. The molecule has 1 aliphatic heterocycles. The Labute approximate surface area is 136 Å². The first kappa shape index (κ1) is 17.2. The summed E-state index contributed by atoms with van der Waals surface area (Å²) in [6.45, 7) is 5.26. The van der Waals surface area contributed by atoms with E-state index in [9.17, 15) is 14.0 Å². The Hall–Kier alpha value is -2.11. The van der Waals surface area contributed by atoms with Crippen LogP contribution in [0.5, 0.6) is 0 Å². The fraction of sp³-hybridized carbons (Fsp3) is 0.529. The van der Waals surface area contributed by atoms with E-state index in [2.05, 4.69) is 10.6 Å². The zero-order valence-corrected chi connectivity index (χ0v) is 13.6. The van der Waals surface area contributed by atoms with Crippen LogP contribution in [0.1, 0.15) is 32.3 Å². The first-order valence-electron chi connectivity index (χ1n) is 8.04.